The Balaban J connectivity index is 2.62. The van der Waals surface area contributed by atoms with E-state index in [2.05, 4.69) is 5.32 Å². The van der Waals surface area contributed by atoms with Crippen molar-refractivity contribution < 1.29 is 18.3 Å². The molecule has 0 aliphatic carbocycles. The van der Waals surface area contributed by atoms with Crippen LogP contribution in [0.15, 0.2) is 0 Å². The highest BCUT2D eigenvalue weighted by Crippen LogP contribution is 2.09. The van der Waals surface area contributed by atoms with Crippen LogP contribution in [0.4, 0.5) is 0 Å². The fourth-order valence-electron chi connectivity index (χ4n) is 1.60. The molecule has 1 aliphatic heterocycles. The molecule has 0 aromatic carbocycles. The monoisotopic (exact) mass is 250 g/mol. The lowest BCUT2D eigenvalue weighted by Crippen LogP contribution is -2.55. The smallest absolute Gasteiger partial charge is 0.322 e. The largest absolute Gasteiger partial charge is 0.480 e. The minimum absolute atomic E-state index is 0.0291. The van der Waals surface area contributed by atoms with Gasteiger partial charge in [-0.1, -0.05) is 13.3 Å². The minimum atomic E-state index is -3.28. The van der Waals surface area contributed by atoms with Crippen molar-refractivity contribution in [3.63, 3.8) is 0 Å². The highest BCUT2D eigenvalue weighted by Gasteiger charge is 2.31. The maximum atomic E-state index is 11.8. The van der Waals surface area contributed by atoms with Crippen molar-refractivity contribution in [1.29, 1.82) is 0 Å². The number of carboxylic acids is 1. The quantitative estimate of drug-likeness (QED) is 0.685. The molecule has 16 heavy (non-hydrogen) atoms. The molecule has 0 bridgehead atoms. The van der Waals surface area contributed by atoms with Crippen LogP contribution >= 0.6 is 0 Å². The Morgan fingerprint density at radius 2 is 2.25 bits per heavy atom. The van der Waals surface area contributed by atoms with E-state index in [0.717, 1.165) is 6.42 Å². The molecule has 6 nitrogen and oxygen atoms in total. The predicted molar refractivity (Wildman–Crippen MR) is 59.7 cm³/mol. The van der Waals surface area contributed by atoms with E-state index < -0.39 is 22.0 Å². The molecule has 1 unspecified atom stereocenters. The van der Waals surface area contributed by atoms with Gasteiger partial charge in [0, 0.05) is 19.6 Å². The Morgan fingerprint density at radius 1 is 1.56 bits per heavy atom. The lowest BCUT2D eigenvalue weighted by atomic mass is 10.2. The predicted octanol–water partition coefficient (Wildman–Crippen LogP) is -0.525. The highest BCUT2D eigenvalue weighted by molar-refractivity contribution is 7.89. The van der Waals surface area contributed by atoms with E-state index in [1.54, 1.807) is 0 Å². The van der Waals surface area contributed by atoms with Gasteiger partial charge in [0.15, 0.2) is 0 Å². The van der Waals surface area contributed by atoms with Crippen LogP contribution in [0.1, 0.15) is 19.8 Å². The Hall–Kier alpha value is -0.660. The van der Waals surface area contributed by atoms with Crippen LogP contribution in [0.25, 0.3) is 0 Å². The molecule has 1 atom stereocenters. The van der Waals surface area contributed by atoms with Gasteiger partial charge in [0.05, 0.1) is 5.75 Å². The molecule has 1 saturated heterocycles. The third-order valence-electron chi connectivity index (χ3n) is 2.59. The van der Waals surface area contributed by atoms with Crippen LogP contribution in [0.5, 0.6) is 0 Å². The van der Waals surface area contributed by atoms with E-state index in [1.165, 1.54) is 4.31 Å². The molecule has 0 aromatic heterocycles. The van der Waals surface area contributed by atoms with Crippen molar-refractivity contribution in [2.45, 2.75) is 25.8 Å². The average Bonchev–Trinajstić information content (AvgIpc) is 2.26. The first-order chi connectivity index (χ1) is 7.47. The van der Waals surface area contributed by atoms with Crippen molar-refractivity contribution in [2.24, 2.45) is 0 Å². The molecule has 1 aliphatic rings. The number of hydrogen-bond acceptors (Lipinski definition) is 4. The Morgan fingerprint density at radius 3 is 2.81 bits per heavy atom. The first-order valence-electron chi connectivity index (χ1n) is 5.41. The maximum absolute atomic E-state index is 11.8. The number of carboxylic acid groups (broad SMARTS) is 1. The number of piperazine rings is 1. The van der Waals surface area contributed by atoms with Crippen LogP contribution in [0.2, 0.25) is 0 Å². The van der Waals surface area contributed by atoms with Gasteiger partial charge in [0.1, 0.15) is 6.04 Å². The first-order valence-corrected chi connectivity index (χ1v) is 7.02. The molecule has 0 saturated carbocycles. The normalized spacial score (nSPS) is 23.2. The van der Waals surface area contributed by atoms with Gasteiger partial charge >= 0.3 is 5.97 Å². The standard InChI is InChI=1S/C9H18N2O4S/c1-2-3-6-16(14,15)11-5-4-10-8(7-11)9(12)13/h8,10H,2-7H2,1H3,(H,12,13). The lowest BCUT2D eigenvalue weighted by molar-refractivity contribution is -0.140. The van der Waals surface area contributed by atoms with E-state index in [0.29, 0.717) is 19.5 Å². The summed E-state index contributed by atoms with van der Waals surface area (Å²) in [5, 5.41) is 11.6. The number of hydrogen-bond donors (Lipinski definition) is 2. The number of sulfonamides is 1. The van der Waals surface area contributed by atoms with Gasteiger partial charge in [-0.25, -0.2) is 8.42 Å². The lowest BCUT2D eigenvalue weighted by Gasteiger charge is -2.30. The molecule has 94 valence electrons. The Bertz CT molecular complexity index is 341. The van der Waals surface area contributed by atoms with Crippen molar-refractivity contribution in [3.05, 3.63) is 0 Å². The number of carbonyl (C=O) groups is 1. The van der Waals surface area contributed by atoms with E-state index in [1.807, 2.05) is 6.92 Å². The summed E-state index contributed by atoms with van der Waals surface area (Å²) in [6.45, 7) is 2.70. The Labute approximate surface area is 95.7 Å². The molecule has 0 aromatic rings. The van der Waals surface area contributed by atoms with Gasteiger partial charge in [0.2, 0.25) is 10.0 Å². The maximum Gasteiger partial charge on any atom is 0.322 e. The van der Waals surface area contributed by atoms with E-state index in [-0.39, 0.29) is 12.3 Å². The summed E-state index contributed by atoms with van der Waals surface area (Å²) in [4.78, 5) is 10.8. The molecule has 7 heteroatoms. The molecule has 1 rings (SSSR count). The second-order valence-electron chi connectivity index (χ2n) is 3.87. The summed E-state index contributed by atoms with van der Waals surface area (Å²) in [6.07, 6.45) is 1.43. The van der Waals surface area contributed by atoms with Gasteiger partial charge in [-0.2, -0.15) is 4.31 Å². The van der Waals surface area contributed by atoms with Crippen LogP contribution in [-0.2, 0) is 14.8 Å². The average molecular weight is 250 g/mol. The zero-order valence-electron chi connectivity index (χ0n) is 9.35. The van der Waals surface area contributed by atoms with Crippen molar-refractivity contribution in [2.75, 3.05) is 25.4 Å². The molecule has 1 heterocycles. The fraction of sp³-hybridized carbons (Fsp3) is 0.889. The molecule has 0 amide bonds. The Kier molecular flexibility index (Phi) is 4.69. The minimum Gasteiger partial charge on any atom is -0.480 e. The summed E-state index contributed by atoms with van der Waals surface area (Å²) in [5.41, 5.74) is 0. The van der Waals surface area contributed by atoms with Crippen molar-refractivity contribution in [3.8, 4) is 0 Å². The van der Waals surface area contributed by atoms with Crippen LogP contribution < -0.4 is 5.32 Å². The molecular weight excluding hydrogens is 232 g/mol. The van der Waals surface area contributed by atoms with Gasteiger partial charge < -0.3 is 10.4 Å². The van der Waals surface area contributed by atoms with Crippen molar-refractivity contribution in [1.82, 2.24) is 9.62 Å². The van der Waals surface area contributed by atoms with Gasteiger partial charge in [-0.15, -0.1) is 0 Å². The number of rotatable bonds is 5. The number of nitrogens with zero attached hydrogens (tertiary/aromatic N) is 1. The fourth-order valence-corrected chi connectivity index (χ4v) is 3.25. The van der Waals surface area contributed by atoms with Crippen LogP contribution in [0, 0.1) is 0 Å². The highest BCUT2D eigenvalue weighted by atomic mass is 32.2. The third kappa shape index (κ3) is 3.43. The van der Waals surface area contributed by atoms with E-state index >= 15 is 0 Å². The second-order valence-corrected chi connectivity index (χ2v) is 5.96. The zero-order chi connectivity index (χ0) is 12.2. The summed E-state index contributed by atoms with van der Waals surface area (Å²) in [7, 11) is -3.28. The van der Waals surface area contributed by atoms with Crippen LogP contribution in [0.3, 0.4) is 0 Å². The number of unbranched alkanes of at least 4 members (excludes halogenated alkanes) is 1. The summed E-state index contributed by atoms with van der Waals surface area (Å²) in [5.74, 6) is -0.897. The van der Waals surface area contributed by atoms with Crippen LogP contribution in [-0.4, -0.2) is 55.2 Å². The molecule has 0 spiro atoms. The molecular formula is C9H18N2O4S. The third-order valence-corrected chi connectivity index (χ3v) is 4.51. The molecule has 2 N–H and O–H groups in total. The topological polar surface area (TPSA) is 86.7 Å². The second kappa shape index (κ2) is 5.60. The van der Waals surface area contributed by atoms with Gasteiger partial charge in [-0.3, -0.25) is 4.79 Å². The SMILES string of the molecule is CCCCS(=O)(=O)N1CCNC(C(=O)O)C1. The van der Waals surface area contributed by atoms with Gasteiger partial charge in [-0.05, 0) is 6.42 Å². The van der Waals surface area contributed by atoms with E-state index in [4.69, 9.17) is 5.11 Å². The summed E-state index contributed by atoms with van der Waals surface area (Å²) >= 11 is 0. The van der Waals surface area contributed by atoms with E-state index in [9.17, 15) is 13.2 Å². The zero-order valence-corrected chi connectivity index (χ0v) is 10.2. The first kappa shape index (κ1) is 13.4. The molecule has 1 fully saturated rings. The summed E-state index contributed by atoms with van der Waals surface area (Å²) < 4.78 is 24.9. The van der Waals surface area contributed by atoms with Crippen molar-refractivity contribution >= 4 is 16.0 Å². The number of nitrogens with one attached hydrogen (secondary N) is 1. The number of aliphatic carboxylic acids is 1. The summed E-state index contributed by atoms with van der Waals surface area (Å²) in [6, 6.07) is -0.787. The molecule has 0 radical (unpaired) electrons. The van der Waals surface area contributed by atoms with Gasteiger partial charge in [0.25, 0.3) is 0 Å².